The Morgan fingerprint density at radius 2 is 2.00 bits per heavy atom. The molecule has 0 bridgehead atoms. The van der Waals surface area contributed by atoms with Crippen molar-refractivity contribution in [3.63, 3.8) is 0 Å². The van der Waals surface area contributed by atoms with Crippen LogP contribution in [-0.2, 0) is 16.9 Å². The van der Waals surface area contributed by atoms with E-state index in [9.17, 15) is 9.59 Å². The van der Waals surface area contributed by atoms with E-state index in [0.29, 0.717) is 28.2 Å². The molecule has 2 heterocycles. The lowest BCUT2D eigenvalue weighted by Crippen LogP contribution is -2.40. The van der Waals surface area contributed by atoms with Gasteiger partial charge in [0.25, 0.3) is 5.91 Å². The number of hydrogen-bond donors (Lipinski definition) is 1. The Morgan fingerprint density at radius 1 is 1.19 bits per heavy atom. The zero-order valence-electron chi connectivity index (χ0n) is 14.0. The lowest BCUT2D eigenvalue weighted by atomic mass is 9.91. The van der Waals surface area contributed by atoms with Crippen LogP contribution in [0.2, 0.25) is 0 Å². The number of nitriles is 1. The van der Waals surface area contributed by atoms with Crippen molar-refractivity contribution in [2.75, 3.05) is 6.79 Å². The van der Waals surface area contributed by atoms with Gasteiger partial charge in [0.05, 0.1) is 18.2 Å². The van der Waals surface area contributed by atoms with Gasteiger partial charge in [-0.05, 0) is 42.3 Å². The molecule has 0 unspecified atom stereocenters. The molecule has 2 aliphatic heterocycles. The fourth-order valence-electron chi connectivity index (χ4n) is 3.17. The van der Waals surface area contributed by atoms with Crippen LogP contribution in [0.1, 0.15) is 23.6 Å². The quantitative estimate of drug-likeness (QED) is 0.858. The zero-order valence-corrected chi connectivity index (χ0v) is 14.0. The molecule has 2 aliphatic rings. The average Bonchev–Trinajstić information content (AvgIpc) is 3.20. The third kappa shape index (κ3) is 2.43. The van der Waals surface area contributed by atoms with Crippen molar-refractivity contribution in [2.24, 2.45) is 0 Å². The Hall–Kier alpha value is -3.53. The van der Waals surface area contributed by atoms with Crippen LogP contribution < -0.4 is 14.8 Å². The van der Waals surface area contributed by atoms with Gasteiger partial charge in [0.1, 0.15) is 5.54 Å². The van der Waals surface area contributed by atoms with Gasteiger partial charge in [-0.25, -0.2) is 4.79 Å². The van der Waals surface area contributed by atoms with E-state index in [4.69, 9.17) is 14.7 Å². The van der Waals surface area contributed by atoms with Gasteiger partial charge >= 0.3 is 6.03 Å². The van der Waals surface area contributed by atoms with Gasteiger partial charge in [-0.2, -0.15) is 5.26 Å². The van der Waals surface area contributed by atoms with E-state index >= 15 is 0 Å². The summed E-state index contributed by atoms with van der Waals surface area (Å²) in [5.74, 6) is 0.800. The smallest absolute Gasteiger partial charge is 0.325 e. The molecule has 0 spiro atoms. The minimum Gasteiger partial charge on any atom is -0.454 e. The van der Waals surface area contributed by atoms with E-state index < -0.39 is 11.6 Å². The van der Waals surface area contributed by atoms with Crippen molar-refractivity contribution in [3.8, 4) is 17.6 Å². The highest BCUT2D eigenvalue weighted by molar-refractivity contribution is 6.07. The summed E-state index contributed by atoms with van der Waals surface area (Å²) in [6, 6.07) is 13.6. The molecule has 2 aromatic rings. The normalized spacial score (nSPS) is 20.8. The number of urea groups is 1. The topological polar surface area (TPSA) is 91.7 Å². The van der Waals surface area contributed by atoms with E-state index in [0.717, 1.165) is 4.90 Å². The first-order valence-electron chi connectivity index (χ1n) is 8.04. The number of imide groups is 1. The Kier molecular flexibility index (Phi) is 3.55. The molecule has 7 heteroatoms. The van der Waals surface area contributed by atoms with Crippen molar-refractivity contribution < 1.29 is 19.1 Å². The SMILES string of the molecule is C[C@@]1(c2ccc3c(c2)OCO3)NC(=O)N(Cc2cccc(C#N)c2)C1=O. The van der Waals surface area contributed by atoms with E-state index in [-0.39, 0.29) is 19.2 Å². The van der Waals surface area contributed by atoms with Crippen molar-refractivity contribution in [3.05, 3.63) is 59.2 Å². The van der Waals surface area contributed by atoms with Crippen LogP contribution in [0.4, 0.5) is 4.79 Å². The molecule has 1 fully saturated rings. The summed E-state index contributed by atoms with van der Waals surface area (Å²) in [5.41, 5.74) is 0.620. The standard InChI is InChI=1S/C19H15N3O4/c1-19(14-5-6-15-16(8-14)26-11-25-15)17(23)22(18(24)21-19)10-13-4-2-3-12(7-13)9-20/h2-8H,10-11H2,1H3,(H,21,24)/t19-/m0/s1. The summed E-state index contributed by atoms with van der Waals surface area (Å²) in [6.07, 6.45) is 0. The summed E-state index contributed by atoms with van der Waals surface area (Å²) in [6.45, 7) is 1.90. The molecule has 4 rings (SSSR count). The van der Waals surface area contributed by atoms with E-state index in [1.165, 1.54) is 0 Å². The van der Waals surface area contributed by atoms with Gasteiger partial charge in [-0.15, -0.1) is 0 Å². The largest absolute Gasteiger partial charge is 0.454 e. The van der Waals surface area contributed by atoms with Gasteiger partial charge in [-0.1, -0.05) is 18.2 Å². The molecule has 0 saturated carbocycles. The molecule has 1 saturated heterocycles. The number of rotatable bonds is 3. The molecule has 0 aromatic heterocycles. The minimum absolute atomic E-state index is 0.0975. The van der Waals surface area contributed by atoms with Gasteiger partial charge in [-0.3, -0.25) is 9.69 Å². The van der Waals surface area contributed by atoms with Crippen LogP contribution in [0.15, 0.2) is 42.5 Å². The minimum atomic E-state index is -1.19. The molecule has 1 atom stereocenters. The highest BCUT2D eigenvalue weighted by Gasteiger charge is 2.49. The van der Waals surface area contributed by atoms with Crippen molar-refractivity contribution in [2.45, 2.75) is 19.0 Å². The number of hydrogen-bond acceptors (Lipinski definition) is 5. The van der Waals surface area contributed by atoms with Gasteiger partial charge in [0.15, 0.2) is 11.5 Å². The monoisotopic (exact) mass is 349 g/mol. The van der Waals surface area contributed by atoms with Crippen molar-refractivity contribution in [1.82, 2.24) is 10.2 Å². The molecule has 26 heavy (non-hydrogen) atoms. The Morgan fingerprint density at radius 3 is 2.81 bits per heavy atom. The molecule has 1 N–H and O–H groups in total. The number of nitrogens with one attached hydrogen (secondary N) is 1. The summed E-state index contributed by atoms with van der Waals surface area (Å²) in [5, 5.41) is 11.8. The first-order valence-corrected chi connectivity index (χ1v) is 8.04. The number of carbonyl (C=O) groups is 2. The molecule has 3 amide bonds. The van der Waals surface area contributed by atoms with E-state index in [1.54, 1.807) is 49.4 Å². The number of benzene rings is 2. The summed E-state index contributed by atoms with van der Waals surface area (Å²) < 4.78 is 10.7. The zero-order chi connectivity index (χ0) is 18.3. The van der Waals surface area contributed by atoms with Crippen LogP contribution in [-0.4, -0.2) is 23.6 Å². The summed E-state index contributed by atoms with van der Waals surface area (Å²) in [4.78, 5) is 26.6. The van der Waals surface area contributed by atoms with Gasteiger partial charge < -0.3 is 14.8 Å². The molecule has 0 radical (unpaired) electrons. The molecule has 2 aromatic carbocycles. The number of nitrogens with zero attached hydrogens (tertiary/aromatic N) is 2. The summed E-state index contributed by atoms with van der Waals surface area (Å²) >= 11 is 0. The van der Waals surface area contributed by atoms with Gasteiger partial charge in [0.2, 0.25) is 6.79 Å². The number of fused-ring (bicyclic) bond motifs is 1. The van der Waals surface area contributed by atoms with Crippen LogP contribution in [0.3, 0.4) is 0 Å². The van der Waals surface area contributed by atoms with Crippen LogP contribution >= 0.6 is 0 Å². The highest BCUT2D eigenvalue weighted by Crippen LogP contribution is 2.38. The fraction of sp³-hybridized carbons (Fsp3) is 0.211. The molecular formula is C19H15N3O4. The second-order valence-electron chi connectivity index (χ2n) is 6.33. The average molecular weight is 349 g/mol. The Labute approximate surface area is 149 Å². The second kappa shape index (κ2) is 5.77. The first-order chi connectivity index (χ1) is 12.5. The van der Waals surface area contributed by atoms with Crippen LogP contribution in [0, 0.1) is 11.3 Å². The van der Waals surface area contributed by atoms with E-state index in [1.807, 2.05) is 0 Å². The van der Waals surface area contributed by atoms with E-state index in [2.05, 4.69) is 11.4 Å². The number of amides is 3. The molecule has 7 nitrogen and oxygen atoms in total. The van der Waals surface area contributed by atoms with Gasteiger partial charge in [0, 0.05) is 0 Å². The number of ether oxygens (including phenoxy) is 2. The third-order valence-electron chi connectivity index (χ3n) is 4.62. The van der Waals surface area contributed by atoms with Crippen molar-refractivity contribution in [1.29, 1.82) is 5.26 Å². The Balaban J connectivity index is 1.63. The molecular weight excluding hydrogens is 334 g/mol. The maximum Gasteiger partial charge on any atom is 0.325 e. The summed E-state index contributed by atoms with van der Waals surface area (Å²) in [7, 11) is 0. The number of carbonyl (C=O) groups excluding carboxylic acids is 2. The first kappa shape index (κ1) is 16.0. The molecule has 130 valence electrons. The van der Waals surface area contributed by atoms with Crippen molar-refractivity contribution >= 4 is 11.9 Å². The lowest BCUT2D eigenvalue weighted by molar-refractivity contribution is -0.131. The van der Waals surface area contributed by atoms with Crippen LogP contribution in [0.5, 0.6) is 11.5 Å². The maximum absolute atomic E-state index is 13.0. The third-order valence-corrected chi connectivity index (χ3v) is 4.62. The lowest BCUT2D eigenvalue weighted by Gasteiger charge is -2.22. The fourth-order valence-corrected chi connectivity index (χ4v) is 3.17. The molecule has 0 aliphatic carbocycles. The predicted octanol–water partition coefficient (Wildman–Crippen LogP) is 2.25. The highest BCUT2D eigenvalue weighted by atomic mass is 16.7. The predicted molar refractivity (Wildman–Crippen MR) is 90.2 cm³/mol. The Bertz CT molecular complexity index is 965. The van der Waals surface area contributed by atoms with Crippen LogP contribution in [0.25, 0.3) is 0 Å². The maximum atomic E-state index is 13.0. The second-order valence-corrected chi connectivity index (χ2v) is 6.33.